The largest absolute Gasteiger partial charge is 0.508 e. The topological polar surface area (TPSA) is 52.5 Å². The average Bonchev–Trinajstić information content (AvgIpc) is 2.82. The number of aromatic hydroxyl groups is 2. The van der Waals surface area contributed by atoms with Gasteiger partial charge in [0.1, 0.15) is 11.5 Å². The first kappa shape index (κ1) is 10.4. The minimum atomic E-state index is 0.195. The molecule has 0 aliphatic carbocycles. The second-order valence-corrected chi connectivity index (χ2v) is 4.55. The molecule has 0 radical (unpaired) electrons. The van der Waals surface area contributed by atoms with Crippen LogP contribution in [0.2, 0.25) is 0 Å². The molecule has 1 fully saturated rings. The zero-order chi connectivity index (χ0) is 11.8. The number of nitrogens with one attached hydrogen (secondary N) is 1. The van der Waals surface area contributed by atoms with Crippen LogP contribution in [0.15, 0.2) is 30.3 Å². The van der Waals surface area contributed by atoms with Gasteiger partial charge in [-0.05, 0) is 48.4 Å². The molecule has 0 aromatic heterocycles. The number of rotatable bonds is 1. The van der Waals surface area contributed by atoms with Crippen LogP contribution >= 0.6 is 0 Å². The first-order valence-corrected chi connectivity index (χ1v) is 5.94. The summed E-state index contributed by atoms with van der Waals surface area (Å²) in [6.07, 6.45) is 2.15. The molecule has 1 aliphatic rings. The lowest BCUT2D eigenvalue weighted by Crippen LogP contribution is -2.13. The SMILES string of the molecule is Oc1ccc2ccc(O)c(C3CCCN3)c2c1. The Bertz CT molecular complexity index is 554. The number of phenols is 2. The van der Waals surface area contributed by atoms with Crippen molar-refractivity contribution in [2.75, 3.05) is 6.54 Å². The molecule has 0 saturated carbocycles. The highest BCUT2D eigenvalue weighted by molar-refractivity contribution is 5.89. The summed E-state index contributed by atoms with van der Waals surface area (Å²) in [6.45, 7) is 0.985. The normalized spacial score (nSPS) is 19.9. The van der Waals surface area contributed by atoms with Crippen LogP contribution in [0.1, 0.15) is 24.4 Å². The van der Waals surface area contributed by atoms with Crippen molar-refractivity contribution in [3.63, 3.8) is 0 Å². The van der Waals surface area contributed by atoms with Gasteiger partial charge in [0.25, 0.3) is 0 Å². The molecule has 0 bridgehead atoms. The molecule has 0 amide bonds. The molecule has 3 rings (SSSR count). The van der Waals surface area contributed by atoms with Crippen molar-refractivity contribution >= 4 is 10.8 Å². The van der Waals surface area contributed by atoms with Crippen molar-refractivity contribution < 1.29 is 10.2 Å². The Hall–Kier alpha value is -1.74. The number of hydrogen-bond acceptors (Lipinski definition) is 3. The van der Waals surface area contributed by atoms with Gasteiger partial charge in [0.2, 0.25) is 0 Å². The minimum absolute atomic E-state index is 0.195. The fraction of sp³-hybridized carbons (Fsp3) is 0.286. The van der Waals surface area contributed by atoms with E-state index in [4.69, 9.17) is 0 Å². The van der Waals surface area contributed by atoms with Crippen LogP contribution in [0.5, 0.6) is 11.5 Å². The van der Waals surface area contributed by atoms with Crippen LogP contribution in [0.3, 0.4) is 0 Å². The average molecular weight is 229 g/mol. The van der Waals surface area contributed by atoms with Gasteiger partial charge in [-0.15, -0.1) is 0 Å². The predicted molar refractivity (Wildman–Crippen MR) is 67.3 cm³/mol. The molecule has 3 heteroatoms. The number of hydrogen-bond donors (Lipinski definition) is 3. The predicted octanol–water partition coefficient (Wildman–Crippen LogP) is 2.68. The summed E-state index contributed by atoms with van der Waals surface area (Å²) in [7, 11) is 0. The zero-order valence-corrected chi connectivity index (χ0v) is 9.48. The van der Waals surface area contributed by atoms with Gasteiger partial charge in [-0.2, -0.15) is 0 Å². The van der Waals surface area contributed by atoms with Crippen LogP contribution in [0.25, 0.3) is 10.8 Å². The summed E-state index contributed by atoms with van der Waals surface area (Å²) in [5.74, 6) is 0.546. The third-order valence-corrected chi connectivity index (χ3v) is 3.43. The van der Waals surface area contributed by atoms with Crippen molar-refractivity contribution in [3.05, 3.63) is 35.9 Å². The lowest BCUT2D eigenvalue weighted by atomic mass is 9.96. The molecule has 1 saturated heterocycles. The van der Waals surface area contributed by atoms with Gasteiger partial charge in [-0.1, -0.05) is 12.1 Å². The Morgan fingerprint density at radius 1 is 1.12 bits per heavy atom. The standard InChI is InChI=1S/C14H15NO2/c16-10-5-3-9-4-6-13(17)14(11(9)8-10)12-2-1-7-15-12/h3-6,8,12,15-17H,1-2,7H2. The van der Waals surface area contributed by atoms with Gasteiger partial charge >= 0.3 is 0 Å². The van der Waals surface area contributed by atoms with E-state index in [0.717, 1.165) is 35.7 Å². The molecule has 88 valence electrons. The quantitative estimate of drug-likeness (QED) is 0.704. The molecule has 1 atom stereocenters. The van der Waals surface area contributed by atoms with Crippen LogP contribution < -0.4 is 5.32 Å². The third kappa shape index (κ3) is 1.72. The maximum atomic E-state index is 10.0. The highest BCUT2D eigenvalue weighted by Crippen LogP contribution is 2.37. The molecule has 1 unspecified atom stereocenters. The van der Waals surface area contributed by atoms with Crippen LogP contribution in [-0.4, -0.2) is 16.8 Å². The highest BCUT2D eigenvalue weighted by Gasteiger charge is 2.21. The van der Waals surface area contributed by atoms with Crippen molar-refractivity contribution in [1.82, 2.24) is 5.32 Å². The second kappa shape index (κ2) is 3.93. The Morgan fingerprint density at radius 3 is 2.71 bits per heavy atom. The van der Waals surface area contributed by atoms with E-state index < -0.39 is 0 Å². The summed E-state index contributed by atoms with van der Waals surface area (Å²) in [4.78, 5) is 0. The molecular formula is C14H15NO2. The van der Waals surface area contributed by atoms with Crippen molar-refractivity contribution in [2.45, 2.75) is 18.9 Å². The van der Waals surface area contributed by atoms with Crippen molar-refractivity contribution in [1.29, 1.82) is 0 Å². The summed E-state index contributed by atoms with van der Waals surface area (Å²) in [5, 5.41) is 25.0. The Balaban J connectivity index is 2.25. The fourth-order valence-electron chi connectivity index (χ4n) is 2.62. The first-order chi connectivity index (χ1) is 8.25. The van der Waals surface area contributed by atoms with E-state index in [1.807, 2.05) is 12.1 Å². The smallest absolute Gasteiger partial charge is 0.120 e. The van der Waals surface area contributed by atoms with Crippen LogP contribution in [0.4, 0.5) is 0 Å². The molecule has 1 aliphatic heterocycles. The highest BCUT2D eigenvalue weighted by atomic mass is 16.3. The summed E-state index contributed by atoms with van der Waals surface area (Å²) in [5.41, 5.74) is 0.913. The molecule has 1 heterocycles. The zero-order valence-electron chi connectivity index (χ0n) is 9.48. The monoisotopic (exact) mass is 229 g/mol. The Labute approximate surface area is 99.7 Å². The van der Waals surface area contributed by atoms with Crippen molar-refractivity contribution in [2.24, 2.45) is 0 Å². The lowest BCUT2D eigenvalue weighted by molar-refractivity contribution is 0.458. The Morgan fingerprint density at radius 2 is 1.94 bits per heavy atom. The molecule has 2 aromatic carbocycles. The van der Waals surface area contributed by atoms with E-state index in [1.54, 1.807) is 18.2 Å². The number of phenolic OH excluding ortho intramolecular Hbond substituents is 2. The van der Waals surface area contributed by atoms with Gasteiger partial charge in [0.15, 0.2) is 0 Å². The van der Waals surface area contributed by atoms with E-state index in [9.17, 15) is 10.2 Å². The van der Waals surface area contributed by atoms with Gasteiger partial charge in [0.05, 0.1) is 0 Å². The molecule has 17 heavy (non-hydrogen) atoms. The maximum absolute atomic E-state index is 10.0. The first-order valence-electron chi connectivity index (χ1n) is 5.94. The van der Waals surface area contributed by atoms with Gasteiger partial charge in [-0.3, -0.25) is 0 Å². The fourth-order valence-corrected chi connectivity index (χ4v) is 2.62. The molecular weight excluding hydrogens is 214 g/mol. The third-order valence-electron chi connectivity index (χ3n) is 3.43. The maximum Gasteiger partial charge on any atom is 0.120 e. The second-order valence-electron chi connectivity index (χ2n) is 4.55. The summed E-state index contributed by atoms with van der Waals surface area (Å²) >= 11 is 0. The molecule has 0 spiro atoms. The number of fused-ring (bicyclic) bond motifs is 1. The van der Waals surface area contributed by atoms with E-state index >= 15 is 0 Å². The van der Waals surface area contributed by atoms with Crippen LogP contribution in [0, 0.1) is 0 Å². The van der Waals surface area contributed by atoms with Crippen molar-refractivity contribution in [3.8, 4) is 11.5 Å². The Kier molecular flexibility index (Phi) is 2.41. The van der Waals surface area contributed by atoms with E-state index in [2.05, 4.69) is 5.32 Å². The molecule has 3 nitrogen and oxygen atoms in total. The van der Waals surface area contributed by atoms with Gasteiger partial charge in [-0.25, -0.2) is 0 Å². The van der Waals surface area contributed by atoms with Crippen LogP contribution in [-0.2, 0) is 0 Å². The summed E-state index contributed by atoms with van der Waals surface area (Å²) < 4.78 is 0. The van der Waals surface area contributed by atoms with E-state index in [1.165, 1.54) is 0 Å². The van der Waals surface area contributed by atoms with Gasteiger partial charge in [0, 0.05) is 11.6 Å². The minimum Gasteiger partial charge on any atom is -0.508 e. The lowest BCUT2D eigenvalue weighted by Gasteiger charge is -2.15. The molecule has 2 aromatic rings. The van der Waals surface area contributed by atoms with Gasteiger partial charge < -0.3 is 15.5 Å². The summed E-state index contributed by atoms with van der Waals surface area (Å²) in [6, 6.07) is 9.08. The van der Waals surface area contributed by atoms with E-state index in [-0.39, 0.29) is 11.8 Å². The number of benzene rings is 2. The van der Waals surface area contributed by atoms with E-state index in [0.29, 0.717) is 5.75 Å². The molecule has 3 N–H and O–H groups in total.